The fourth-order valence-corrected chi connectivity index (χ4v) is 4.11. The topological polar surface area (TPSA) is 78.9 Å². The largest absolute Gasteiger partial charge is 0.478 e. The van der Waals surface area contributed by atoms with Crippen LogP contribution in [-0.2, 0) is 16.1 Å². The van der Waals surface area contributed by atoms with E-state index in [-0.39, 0.29) is 23.3 Å². The second-order valence-corrected chi connectivity index (χ2v) is 8.76. The molecule has 0 radical (unpaired) electrons. The van der Waals surface area contributed by atoms with E-state index in [4.69, 9.17) is 33.0 Å². The minimum Gasteiger partial charge on any atom is -0.478 e. The molecule has 1 fully saturated rings. The van der Waals surface area contributed by atoms with Gasteiger partial charge in [-0.3, -0.25) is 9.69 Å². The van der Waals surface area contributed by atoms with E-state index in [1.807, 2.05) is 12.1 Å². The van der Waals surface area contributed by atoms with E-state index in [1.54, 1.807) is 18.2 Å². The van der Waals surface area contributed by atoms with Gasteiger partial charge in [-0.15, -0.1) is 11.8 Å². The lowest BCUT2D eigenvalue weighted by Gasteiger charge is -2.33. The Balaban J connectivity index is 1.40. The summed E-state index contributed by atoms with van der Waals surface area (Å²) in [4.78, 5) is 26.1. The fourth-order valence-electron chi connectivity index (χ4n) is 3.07. The van der Waals surface area contributed by atoms with Crippen LogP contribution in [0.15, 0.2) is 47.4 Å². The average Bonchev–Trinajstić information content (AvgIpc) is 2.74. The van der Waals surface area contributed by atoms with Crippen molar-refractivity contribution in [2.45, 2.75) is 17.5 Å². The van der Waals surface area contributed by atoms with Crippen molar-refractivity contribution in [2.24, 2.45) is 0 Å². The number of nitrogens with one attached hydrogen (secondary N) is 1. The zero-order valence-corrected chi connectivity index (χ0v) is 18.5. The quantitative estimate of drug-likeness (QED) is 0.573. The molecule has 1 unspecified atom stereocenters. The molecule has 0 spiro atoms. The zero-order valence-electron chi connectivity index (χ0n) is 16.1. The van der Waals surface area contributed by atoms with E-state index in [1.165, 1.54) is 23.9 Å². The summed E-state index contributed by atoms with van der Waals surface area (Å²) in [6.45, 7) is 3.31. The Morgan fingerprint density at radius 1 is 1.17 bits per heavy atom. The molecule has 6 nitrogen and oxygen atoms in total. The van der Waals surface area contributed by atoms with Crippen molar-refractivity contribution in [1.29, 1.82) is 0 Å². The second-order valence-electron chi connectivity index (χ2n) is 6.90. The molecule has 160 valence electrons. The number of thioether (sulfide) groups is 1. The van der Waals surface area contributed by atoms with Gasteiger partial charge in [0.05, 0.1) is 34.1 Å². The van der Waals surface area contributed by atoms with E-state index >= 15 is 0 Å². The third-order valence-corrected chi connectivity index (χ3v) is 6.36. The van der Waals surface area contributed by atoms with Crippen LogP contribution in [0.1, 0.15) is 15.9 Å². The number of halogens is 2. The number of carboxylic acid groups (broad SMARTS) is 1. The van der Waals surface area contributed by atoms with Gasteiger partial charge in [-0.05, 0) is 42.0 Å². The molecule has 0 bridgehead atoms. The third-order valence-electron chi connectivity index (χ3n) is 4.61. The van der Waals surface area contributed by atoms with Gasteiger partial charge in [-0.2, -0.15) is 0 Å². The standard InChI is InChI=1S/C21H22Cl2N2O4S/c22-18-6-1-14(9-19(18)23)11-25-7-8-29-16(12-25)10-24-20(26)13-30-17-4-2-15(3-5-17)21(27)28/h1-6,9,16H,7-8,10-13H2,(H,24,26)(H,27,28). The van der Waals surface area contributed by atoms with E-state index < -0.39 is 5.97 Å². The number of nitrogens with zero attached hydrogens (tertiary/aromatic N) is 1. The monoisotopic (exact) mass is 468 g/mol. The number of aromatic carboxylic acids is 1. The first-order valence-electron chi connectivity index (χ1n) is 9.41. The molecule has 9 heteroatoms. The number of ether oxygens (including phenoxy) is 1. The van der Waals surface area contributed by atoms with Gasteiger partial charge in [0.1, 0.15) is 0 Å². The Bertz CT molecular complexity index is 895. The third kappa shape index (κ3) is 6.89. The first kappa shape index (κ1) is 22.9. The van der Waals surface area contributed by atoms with Gasteiger partial charge in [0.2, 0.25) is 5.91 Å². The molecule has 1 aliphatic rings. The van der Waals surface area contributed by atoms with Gasteiger partial charge in [-0.25, -0.2) is 4.79 Å². The van der Waals surface area contributed by atoms with Crippen LogP contribution in [0.5, 0.6) is 0 Å². The molecule has 1 amide bonds. The highest BCUT2D eigenvalue weighted by Gasteiger charge is 2.21. The highest BCUT2D eigenvalue weighted by atomic mass is 35.5. The number of morpholine rings is 1. The molecule has 0 aromatic heterocycles. The molecule has 1 saturated heterocycles. The summed E-state index contributed by atoms with van der Waals surface area (Å²) in [6, 6.07) is 12.1. The maximum Gasteiger partial charge on any atom is 0.335 e. The zero-order chi connectivity index (χ0) is 21.5. The van der Waals surface area contributed by atoms with Crippen LogP contribution in [0.3, 0.4) is 0 Å². The Hall–Kier alpha value is -1.77. The Morgan fingerprint density at radius 2 is 1.93 bits per heavy atom. The number of rotatable bonds is 8. The number of amides is 1. The smallest absolute Gasteiger partial charge is 0.335 e. The molecule has 2 aromatic carbocycles. The van der Waals surface area contributed by atoms with E-state index in [9.17, 15) is 9.59 Å². The Kier molecular flexibility index (Phi) is 8.41. The van der Waals surface area contributed by atoms with Gasteiger partial charge < -0.3 is 15.2 Å². The molecule has 1 aliphatic heterocycles. The Labute approximate surface area is 189 Å². The first-order chi connectivity index (χ1) is 14.4. The normalized spacial score (nSPS) is 16.9. The number of carbonyl (C=O) groups is 2. The molecule has 1 heterocycles. The van der Waals surface area contributed by atoms with E-state index in [0.717, 1.165) is 23.5 Å². The van der Waals surface area contributed by atoms with Crippen molar-refractivity contribution < 1.29 is 19.4 Å². The lowest BCUT2D eigenvalue weighted by molar-refractivity contribution is -0.119. The number of carbonyl (C=O) groups excluding carboxylic acids is 1. The predicted molar refractivity (Wildman–Crippen MR) is 119 cm³/mol. The number of hydrogen-bond donors (Lipinski definition) is 2. The predicted octanol–water partition coefficient (Wildman–Crippen LogP) is 3.80. The number of benzene rings is 2. The van der Waals surface area contributed by atoms with Gasteiger partial charge in [0.15, 0.2) is 0 Å². The van der Waals surface area contributed by atoms with Crippen LogP contribution in [0.4, 0.5) is 0 Å². The lowest BCUT2D eigenvalue weighted by atomic mass is 10.2. The summed E-state index contributed by atoms with van der Waals surface area (Å²) in [5.74, 6) is -0.802. The van der Waals surface area contributed by atoms with Gasteiger partial charge in [-0.1, -0.05) is 29.3 Å². The molecule has 3 rings (SSSR count). The summed E-state index contributed by atoms with van der Waals surface area (Å²) in [6.07, 6.45) is -0.0784. The van der Waals surface area contributed by atoms with Crippen LogP contribution in [0.2, 0.25) is 10.0 Å². The molecule has 1 atom stereocenters. The van der Waals surface area contributed by atoms with Gasteiger partial charge in [0.25, 0.3) is 0 Å². The fraction of sp³-hybridized carbons (Fsp3) is 0.333. The lowest BCUT2D eigenvalue weighted by Crippen LogP contribution is -2.47. The molecular formula is C21H22Cl2N2O4S. The van der Waals surface area contributed by atoms with Crippen LogP contribution < -0.4 is 5.32 Å². The molecular weight excluding hydrogens is 447 g/mol. The van der Waals surface area contributed by atoms with Crippen molar-refractivity contribution in [2.75, 3.05) is 32.0 Å². The average molecular weight is 469 g/mol. The summed E-state index contributed by atoms with van der Waals surface area (Å²) in [5.41, 5.74) is 1.31. The maximum absolute atomic E-state index is 12.2. The van der Waals surface area contributed by atoms with Crippen LogP contribution in [0, 0.1) is 0 Å². The second kappa shape index (κ2) is 11.0. The summed E-state index contributed by atoms with van der Waals surface area (Å²) < 4.78 is 5.77. The summed E-state index contributed by atoms with van der Waals surface area (Å²) in [7, 11) is 0. The molecule has 0 saturated carbocycles. The SMILES string of the molecule is O=C(CSc1ccc(C(=O)O)cc1)NCC1CN(Cc2ccc(Cl)c(Cl)c2)CCO1. The Morgan fingerprint density at radius 3 is 2.63 bits per heavy atom. The highest BCUT2D eigenvalue weighted by molar-refractivity contribution is 8.00. The molecule has 0 aliphatic carbocycles. The number of hydrogen-bond acceptors (Lipinski definition) is 5. The first-order valence-corrected chi connectivity index (χ1v) is 11.2. The minimum atomic E-state index is -0.968. The van der Waals surface area contributed by atoms with Gasteiger partial charge >= 0.3 is 5.97 Å². The van der Waals surface area contributed by atoms with Crippen molar-refractivity contribution in [3.63, 3.8) is 0 Å². The maximum atomic E-state index is 12.2. The summed E-state index contributed by atoms with van der Waals surface area (Å²) in [5, 5.41) is 12.9. The summed E-state index contributed by atoms with van der Waals surface area (Å²) >= 11 is 13.4. The van der Waals surface area contributed by atoms with Crippen LogP contribution in [0.25, 0.3) is 0 Å². The highest BCUT2D eigenvalue weighted by Crippen LogP contribution is 2.23. The molecule has 2 N–H and O–H groups in total. The minimum absolute atomic E-state index is 0.0784. The van der Waals surface area contributed by atoms with Crippen molar-refractivity contribution in [1.82, 2.24) is 10.2 Å². The van der Waals surface area contributed by atoms with Crippen LogP contribution in [-0.4, -0.2) is 60.0 Å². The van der Waals surface area contributed by atoms with Crippen molar-refractivity contribution >= 4 is 46.8 Å². The molecule has 30 heavy (non-hydrogen) atoms. The van der Waals surface area contributed by atoms with Crippen LogP contribution >= 0.6 is 35.0 Å². The van der Waals surface area contributed by atoms with E-state index in [2.05, 4.69) is 10.2 Å². The van der Waals surface area contributed by atoms with Crippen molar-refractivity contribution in [3.05, 3.63) is 63.6 Å². The van der Waals surface area contributed by atoms with E-state index in [0.29, 0.717) is 29.7 Å². The van der Waals surface area contributed by atoms with Crippen molar-refractivity contribution in [3.8, 4) is 0 Å². The van der Waals surface area contributed by atoms with Gasteiger partial charge in [0, 0.05) is 31.1 Å². The number of carboxylic acids is 1. The molecule has 2 aromatic rings.